The summed E-state index contributed by atoms with van der Waals surface area (Å²) in [7, 11) is 2.92. The summed E-state index contributed by atoms with van der Waals surface area (Å²) in [5, 5.41) is 0. The van der Waals surface area contributed by atoms with Gasteiger partial charge in [0, 0.05) is 14.1 Å². The first-order valence-corrected chi connectivity index (χ1v) is 9.36. The fraction of sp³-hybridized carbons (Fsp3) is 0.208. The number of rotatable bonds is 2. The highest BCUT2D eigenvalue weighted by Gasteiger charge is 2.10. The van der Waals surface area contributed by atoms with E-state index in [2.05, 4.69) is 70.8 Å². The lowest BCUT2D eigenvalue weighted by atomic mass is 10.0. The number of H-pyrrole nitrogens is 1. The summed E-state index contributed by atoms with van der Waals surface area (Å²) in [6, 6.07) is 22.3. The number of aromatic amines is 1. The summed E-state index contributed by atoms with van der Waals surface area (Å²) in [4.78, 5) is 16.1. The van der Waals surface area contributed by atoms with E-state index in [4.69, 9.17) is 5.73 Å². The Kier molecular flexibility index (Phi) is 8.40. The molecule has 0 aliphatic rings. The van der Waals surface area contributed by atoms with Crippen molar-refractivity contribution in [3.8, 4) is 11.4 Å². The van der Waals surface area contributed by atoms with Gasteiger partial charge in [0.05, 0.1) is 25.3 Å². The molecule has 0 atom stereocenters. The van der Waals surface area contributed by atoms with E-state index in [-0.39, 0.29) is 2.85 Å². The summed E-state index contributed by atoms with van der Waals surface area (Å²) < 4.78 is 0. The van der Waals surface area contributed by atoms with Crippen molar-refractivity contribution >= 4 is 16.7 Å². The van der Waals surface area contributed by atoms with Crippen LogP contribution in [0.1, 0.15) is 19.5 Å². The fourth-order valence-corrected chi connectivity index (χ4v) is 2.87. The molecule has 5 nitrogen and oxygen atoms in total. The summed E-state index contributed by atoms with van der Waals surface area (Å²) in [5.41, 5.74) is 13.4. The summed E-state index contributed by atoms with van der Waals surface area (Å²) in [5.74, 6) is 0.909. The van der Waals surface area contributed by atoms with Crippen molar-refractivity contribution in [2.75, 3.05) is 20.0 Å². The Morgan fingerprint density at radius 1 is 0.828 bits per heavy atom. The van der Waals surface area contributed by atoms with Crippen LogP contribution in [0.4, 0.5) is 5.69 Å². The number of nitrogens with two attached hydrogens (primary N) is 1. The van der Waals surface area contributed by atoms with Gasteiger partial charge in [0.1, 0.15) is 5.82 Å². The molecule has 5 heteroatoms. The molecule has 0 saturated heterocycles. The third-order valence-electron chi connectivity index (χ3n) is 4.33. The van der Waals surface area contributed by atoms with Gasteiger partial charge in [-0.15, -0.1) is 0 Å². The lowest BCUT2D eigenvalue weighted by Crippen LogP contribution is -1.89. The number of aryl methyl sites for hydroxylation is 3. The maximum Gasteiger partial charge on any atom is 0.139 e. The molecular formula is C24H33N3O2. The van der Waals surface area contributed by atoms with Gasteiger partial charge in [-0.1, -0.05) is 54.1 Å². The van der Waals surface area contributed by atoms with Gasteiger partial charge >= 0.3 is 0 Å². The van der Waals surface area contributed by atoms with Crippen LogP contribution in [0.5, 0.6) is 0 Å². The average molecular weight is 396 g/mol. The van der Waals surface area contributed by atoms with E-state index in [1.54, 1.807) is 0 Å². The topological polar surface area (TPSA) is 73.2 Å². The third-order valence-corrected chi connectivity index (χ3v) is 4.33. The minimum atomic E-state index is 0. The van der Waals surface area contributed by atoms with Crippen LogP contribution in [-0.4, -0.2) is 24.2 Å². The van der Waals surface area contributed by atoms with Crippen LogP contribution in [0.25, 0.3) is 22.4 Å². The van der Waals surface area contributed by atoms with Crippen LogP contribution in [-0.2, 0) is 9.78 Å². The van der Waals surface area contributed by atoms with Crippen molar-refractivity contribution in [2.45, 2.75) is 20.8 Å². The summed E-state index contributed by atoms with van der Waals surface area (Å²) in [6.45, 7) is 6.29. The van der Waals surface area contributed by atoms with Gasteiger partial charge < -0.3 is 10.7 Å². The largest absolute Gasteiger partial charge is 0.399 e. The fourth-order valence-electron chi connectivity index (χ4n) is 2.87. The van der Waals surface area contributed by atoms with E-state index in [1.165, 1.54) is 36.5 Å². The zero-order chi connectivity index (χ0) is 21.2. The van der Waals surface area contributed by atoms with Crippen LogP contribution in [0.2, 0.25) is 0 Å². The molecule has 0 spiro atoms. The lowest BCUT2D eigenvalue weighted by Gasteiger charge is -2.05. The highest BCUT2D eigenvalue weighted by Crippen LogP contribution is 2.27. The minimum Gasteiger partial charge on any atom is -0.399 e. The normalized spacial score (nSPS) is 9.97. The molecule has 0 unspecified atom stereocenters. The van der Waals surface area contributed by atoms with E-state index in [0.29, 0.717) is 0 Å². The Morgan fingerprint density at radius 2 is 1.45 bits per heavy atom. The van der Waals surface area contributed by atoms with Crippen LogP contribution in [0.15, 0.2) is 66.7 Å². The Balaban J connectivity index is 0.000000582. The SMILES string of the molecule is COOC.Cc1cccc(C)c1-c1nc2ccc(N)cc2[nH]1.Cc1ccccc1.[HH].[HH]. The number of imidazole rings is 1. The summed E-state index contributed by atoms with van der Waals surface area (Å²) >= 11 is 0. The molecular weight excluding hydrogens is 362 g/mol. The van der Waals surface area contributed by atoms with E-state index in [9.17, 15) is 0 Å². The molecule has 0 fully saturated rings. The molecule has 0 bridgehead atoms. The van der Waals surface area contributed by atoms with Gasteiger partial charge in [-0.3, -0.25) is 0 Å². The zero-order valence-corrected chi connectivity index (χ0v) is 17.7. The van der Waals surface area contributed by atoms with Gasteiger partial charge in [-0.2, -0.15) is 0 Å². The van der Waals surface area contributed by atoms with Gasteiger partial charge in [0.2, 0.25) is 0 Å². The Labute approximate surface area is 175 Å². The van der Waals surface area contributed by atoms with Crippen molar-refractivity contribution in [1.82, 2.24) is 9.97 Å². The Bertz CT molecular complexity index is 1020. The predicted octanol–water partition coefficient (Wildman–Crippen LogP) is 6.11. The van der Waals surface area contributed by atoms with Crippen molar-refractivity contribution in [2.24, 2.45) is 0 Å². The molecule has 0 saturated carbocycles. The molecule has 1 aromatic heterocycles. The average Bonchev–Trinajstić information content (AvgIpc) is 3.11. The number of fused-ring (bicyclic) bond motifs is 1. The van der Waals surface area contributed by atoms with E-state index in [1.807, 2.05) is 36.4 Å². The lowest BCUT2D eigenvalue weighted by molar-refractivity contribution is -0.248. The molecule has 1 heterocycles. The van der Waals surface area contributed by atoms with E-state index in [0.717, 1.165) is 22.5 Å². The second-order valence-corrected chi connectivity index (χ2v) is 6.62. The smallest absolute Gasteiger partial charge is 0.139 e. The zero-order valence-electron chi connectivity index (χ0n) is 17.7. The maximum absolute atomic E-state index is 5.78. The highest BCUT2D eigenvalue weighted by molar-refractivity contribution is 5.83. The number of hydrogen-bond donors (Lipinski definition) is 2. The molecule has 0 amide bonds. The monoisotopic (exact) mass is 395 g/mol. The molecule has 0 aliphatic heterocycles. The number of nitrogens with one attached hydrogen (secondary N) is 1. The number of aromatic nitrogens is 2. The molecule has 4 rings (SSSR count). The number of hydrogen-bond acceptors (Lipinski definition) is 4. The van der Waals surface area contributed by atoms with E-state index < -0.39 is 0 Å². The van der Waals surface area contributed by atoms with Crippen LogP contribution in [0, 0.1) is 20.8 Å². The maximum atomic E-state index is 5.78. The van der Waals surface area contributed by atoms with Gasteiger partial charge in [0.25, 0.3) is 0 Å². The number of nitrogen functional groups attached to an aromatic ring is 1. The Hall–Kier alpha value is -3.15. The predicted molar refractivity (Wildman–Crippen MR) is 125 cm³/mol. The molecule has 4 aromatic rings. The molecule has 0 aliphatic carbocycles. The van der Waals surface area contributed by atoms with Gasteiger partial charge in [-0.25, -0.2) is 14.8 Å². The molecule has 0 radical (unpaired) electrons. The van der Waals surface area contributed by atoms with Crippen LogP contribution >= 0.6 is 0 Å². The number of benzene rings is 3. The summed E-state index contributed by atoms with van der Waals surface area (Å²) in [6.07, 6.45) is 0. The molecule has 3 aromatic carbocycles. The minimum absolute atomic E-state index is 0. The number of nitrogens with zero attached hydrogens (tertiary/aromatic N) is 1. The van der Waals surface area contributed by atoms with Gasteiger partial charge in [0.15, 0.2) is 0 Å². The highest BCUT2D eigenvalue weighted by atomic mass is 17.2. The molecule has 156 valence electrons. The second kappa shape index (κ2) is 11.0. The van der Waals surface area contributed by atoms with Crippen molar-refractivity contribution in [3.05, 3.63) is 83.4 Å². The first-order valence-electron chi connectivity index (χ1n) is 9.36. The molecule has 29 heavy (non-hydrogen) atoms. The van der Waals surface area contributed by atoms with Crippen molar-refractivity contribution in [3.63, 3.8) is 0 Å². The first-order chi connectivity index (χ1) is 14.0. The van der Waals surface area contributed by atoms with Crippen molar-refractivity contribution in [1.29, 1.82) is 0 Å². The standard InChI is InChI=1S/C15H15N3.C7H8.C2H6O2.2H2/c1-9-4-3-5-10(2)14(9)15-17-12-7-6-11(16)8-13(12)18-15;1-7-5-3-2-4-6-7;1-3-4-2;;/h3-8H,16H2,1-2H3,(H,17,18);2-6H,1H3;1-2H3;2*1H. The Morgan fingerprint density at radius 3 is 1.97 bits per heavy atom. The quantitative estimate of drug-likeness (QED) is 0.244. The first kappa shape index (κ1) is 22.1. The third kappa shape index (κ3) is 6.45. The van der Waals surface area contributed by atoms with Crippen LogP contribution < -0.4 is 5.73 Å². The van der Waals surface area contributed by atoms with E-state index >= 15 is 0 Å². The molecule has 3 N–H and O–H groups in total. The number of anilines is 1. The van der Waals surface area contributed by atoms with Crippen LogP contribution in [0.3, 0.4) is 0 Å². The second-order valence-electron chi connectivity index (χ2n) is 6.62. The van der Waals surface area contributed by atoms with Gasteiger partial charge in [-0.05, 0) is 50.1 Å². The van der Waals surface area contributed by atoms with Crippen molar-refractivity contribution < 1.29 is 12.6 Å².